The van der Waals surface area contributed by atoms with Crippen LogP contribution in [0.2, 0.25) is 5.02 Å². The van der Waals surface area contributed by atoms with E-state index in [2.05, 4.69) is 22.0 Å². The fourth-order valence-corrected chi connectivity index (χ4v) is 6.26. The number of hydrogen-bond acceptors (Lipinski definition) is 6. The lowest BCUT2D eigenvalue weighted by atomic mass is 9.74. The van der Waals surface area contributed by atoms with Gasteiger partial charge in [0.1, 0.15) is 11.5 Å². The Balaban J connectivity index is 1.28. The van der Waals surface area contributed by atoms with E-state index in [0.29, 0.717) is 30.7 Å². The number of ether oxygens (including phenoxy) is 2. The van der Waals surface area contributed by atoms with E-state index < -0.39 is 11.4 Å². The van der Waals surface area contributed by atoms with Crippen LogP contribution in [0.5, 0.6) is 11.5 Å². The van der Waals surface area contributed by atoms with Gasteiger partial charge in [0.25, 0.3) is 0 Å². The van der Waals surface area contributed by atoms with Crippen LogP contribution < -0.4 is 9.47 Å². The molecule has 1 fully saturated rings. The number of carboxylic acid groups (broad SMARTS) is 1. The molecule has 8 heteroatoms. The SMILES string of the molecule is COc1cccc(SCCCN2CCC(CCCc3c(Cl)cnc4ccc(OC)cc34)(C(=O)O)CC2)c1. The summed E-state index contributed by atoms with van der Waals surface area (Å²) in [4.78, 5) is 20.4. The minimum atomic E-state index is -0.673. The monoisotopic (exact) mass is 542 g/mol. The molecule has 0 bridgehead atoms. The van der Waals surface area contributed by atoms with Crippen molar-refractivity contribution in [2.45, 2.75) is 43.4 Å². The Morgan fingerprint density at radius 3 is 2.59 bits per heavy atom. The fourth-order valence-electron chi connectivity index (χ4n) is 5.13. The first-order chi connectivity index (χ1) is 17.9. The van der Waals surface area contributed by atoms with Crippen LogP contribution in [-0.2, 0) is 11.2 Å². The fraction of sp³-hybridized carbons (Fsp3) is 0.448. The summed E-state index contributed by atoms with van der Waals surface area (Å²) in [7, 11) is 3.33. The van der Waals surface area contributed by atoms with Gasteiger partial charge in [-0.1, -0.05) is 17.7 Å². The van der Waals surface area contributed by atoms with Gasteiger partial charge in [-0.3, -0.25) is 9.78 Å². The molecule has 0 spiro atoms. The summed E-state index contributed by atoms with van der Waals surface area (Å²) in [6.07, 6.45) is 6.24. The summed E-state index contributed by atoms with van der Waals surface area (Å²) < 4.78 is 10.7. The minimum absolute atomic E-state index is 0.617. The van der Waals surface area contributed by atoms with Gasteiger partial charge in [-0.25, -0.2) is 0 Å². The lowest BCUT2D eigenvalue weighted by molar-refractivity contribution is -0.152. The predicted molar refractivity (Wildman–Crippen MR) is 150 cm³/mol. The maximum Gasteiger partial charge on any atom is 0.309 e. The molecule has 37 heavy (non-hydrogen) atoms. The van der Waals surface area contributed by atoms with Crippen molar-refractivity contribution in [3.05, 3.63) is 59.2 Å². The number of nitrogens with zero attached hydrogens (tertiary/aromatic N) is 2. The molecule has 0 aliphatic carbocycles. The number of likely N-dealkylation sites (tertiary alicyclic amines) is 1. The van der Waals surface area contributed by atoms with E-state index in [-0.39, 0.29) is 0 Å². The van der Waals surface area contributed by atoms with Gasteiger partial charge in [-0.2, -0.15) is 0 Å². The normalized spacial score (nSPS) is 15.5. The van der Waals surface area contributed by atoms with Crippen molar-refractivity contribution in [2.24, 2.45) is 5.41 Å². The molecule has 1 aliphatic heterocycles. The van der Waals surface area contributed by atoms with Crippen LogP contribution in [0.4, 0.5) is 0 Å². The number of methoxy groups -OCH3 is 2. The maximum absolute atomic E-state index is 12.4. The number of carbonyl (C=O) groups is 1. The van der Waals surface area contributed by atoms with Crippen molar-refractivity contribution in [2.75, 3.05) is 39.6 Å². The quantitative estimate of drug-likeness (QED) is 0.205. The number of aromatic nitrogens is 1. The number of benzene rings is 2. The topological polar surface area (TPSA) is 71.9 Å². The van der Waals surface area contributed by atoms with E-state index >= 15 is 0 Å². The molecule has 0 unspecified atom stereocenters. The van der Waals surface area contributed by atoms with Gasteiger partial charge in [0.2, 0.25) is 0 Å². The largest absolute Gasteiger partial charge is 0.497 e. The van der Waals surface area contributed by atoms with Crippen LogP contribution >= 0.6 is 23.4 Å². The highest BCUT2D eigenvalue weighted by Crippen LogP contribution is 2.38. The molecule has 4 rings (SSSR count). The van der Waals surface area contributed by atoms with Crippen LogP contribution in [-0.4, -0.2) is 60.6 Å². The molecule has 1 saturated heterocycles. The number of rotatable bonds is 12. The van der Waals surface area contributed by atoms with E-state index in [0.717, 1.165) is 66.2 Å². The molecule has 1 aliphatic rings. The highest BCUT2D eigenvalue weighted by molar-refractivity contribution is 7.99. The first-order valence-electron chi connectivity index (χ1n) is 12.8. The molecule has 2 heterocycles. The number of pyridine rings is 1. The molecule has 0 radical (unpaired) electrons. The van der Waals surface area contributed by atoms with Crippen molar-refractivity contribution in [1.82, 2.24) is 9.88 Å². The summed E-state index contributed by atoms with van der Waals surface area (Å²) >= 11 is 8.35. The van der Waals surface area contributed by atoms with E-state index in [4.69, 9.17) is 21.1 Å². The Bertz CT molecular complexity index is 1210. The molecule has 1 aromatic heterocycles. The molecule has 0 atom stereocenters. The minimum Gasteiger partial charge on any atom is -0.497 e. The van der Waals surface area contributed by atoms with Crippen molar-refractivity contribution in [3.8, 4) is 11.5 Å². The smallest absolute Gasteiger partial charge is 0.309 e. The molecule has 3 aromatic rings. The van der Waals surface area contributed by atoms with Crippen LogP contribution in [0.15, 0.2) is 53.6 Å². The average Bonchev–Trinajstić information content (AvgIpc) is 2.92. The summed E-state index contributed by atoms with van der Waals surface area (Å²) in [6, 6.07) is 13.9. The number of fused-ring (bicyclic) bond motifs is 1. The van der Waals surface area contributed by atoms with E-state index in [1.54, 1.807) is 20.4 Å². The predicted octanol–water partition coefficient (Wildman–Crippen LogP) is 6.58. The lowest BCUT2D eigenvalue weighted by Gasteiger charge is -2.39. The number of aliphatic carboxylic acids is 1. The number of halogens is 1. The van der Waals surface area contributed by atoms with E-state index in [1.807, 2.05) is 42.1 Å². The highest BCUT2D eigenvalue weighted by atomic mass is 35.5. The van der Waals surface area contributed by atoms with Crippen LogP contribution in [0.25, 0.3) is 10.9 Å². The number of hydrogen-bond donors (Lipinski definition) is 1. The summed E-state index contributed by atoms with van der Waals surface area (Å²) in [5, 5.41) is 11.8. The first kappa shape index (κ1) is 27.6. The Morgan fingerprint density at radius 2 is 1.86 bits per heavy atom. The third-order valence-corrected chi connectivity index (χ3v) is 8.82. The Kier molecular flexibility index (Phi) is 9.57. The summed E-state index contributed by atoms with van der Waals surface area (Å²) in [5.41, 5.74) is 1.21. The summed E-state index contributed by atoms with van der Waals surface area (Å²) in [6.45, 7) is 2.64. The third-order valence-electron chi connectivity index (χ3n) is 7.41. The molecular weight excluding hydrogens is 508 g/mol. The number of aryl methyl sites for hydroxylation is 1. The second kappa shape index (κ2) is 12.9. The molecule has 0 saturated carbocycles. The average molecular weight is 543 g/mol. The molecule has 0 amide bonds. The van der Waals surface area contributed by atoms with Gasteiger partial charge in [-0.15, -0.1) is 11.8 Å². The van der Waals surface area contributed by atoms with Crippen molar-refractivity contribution < 1.29 is 19.4 Å². The maximum atomic E-state index is 12.4. The number of piperidine rings is 1. The molecule has 198 valence electrons. The Labute approximate surface area is 228 Å². The molecule has 6 nitrogen and oxygen atoms in total. The first-order valence-corrected chi connectivity index (χ1v) is 14.1. The van der Waals surface area contributed by atoms with Crippen molar-refractivity contribution >= 4 is 40.2 Å². The van der Waals surface area contributed by atoms with Gasteiger partial charge in [-0.05, 0) is 106 Å². The van der Waals surface area contributed by atoms with Crippen molar-refractivity contribution in [3.63, 3.8) is 0 Å². The number of carboxylic acids is 1. The van der Waals surface area contributed by atoms with Gasteiger partial charge in [0.05, 0.1) is 30.2 Å². The zero-order valence-electron chi connectivity index (χ0n) is 21.5. The van der Waals surface area contributed by atoms with Crippen LogP contribution in [0.3, 0.4) is 0 Å². The molecular formula is C29H35ClN2O4S. The van der Waals surface area contributed by atoms with Gasteiger partial charge in [0.15, 0.2) is 0 Å². The van der Waals surface area contributed by atoms with Crippen LogP contribution in [0, 0.1) is 5.41 Å². The van der Waals surface area contributed by atoms with E-state index in [1.165, 1.54) is 4.90 Å². The van der Waals surface area contributed by atoms with Crippen molar-refractivity contribution in [1.29, 1.82) is 0 Å². The lowest BCUT2D eigenvalue weighted by Crippen LogP contribution is -2.44. The second-order valence-corrected chi connectivity index (χ2v) is 11.2. The highest BCUT2D eigenvalue weighted by Gasteiger charge is 2.40. The van der Waals surface area contributed by atoms with Gasteiger partial charge >= 0.3 is 5.97 Å². The standard InChI is InChI=1S/C29H35ClN2O4S/c1-35-21-6-3-7-23(18-21)37-17-5-14-32-15-12-29(13-16-32,28(33)34)11-4-8-24-25-19-22(36-2)9-10-27(25)31-20-26(24)30/h3,6-7,9-10,18-20H,4-5,8,11-17H2,1-2H3,(H,33,34). The zero-order valence-corrected chi connectivity index (χ0v) is 23.1. The summed E-state index contributed by atoms with van der Waals surface area (Å²) in [5.74, 6) is 1.99. The second-order valence-electron chi connectivity index (χ2n) is 9.63. The third kappa shape index (κ3) is 6.89. The van der Waals surface area contributed by atoms with Gasteiger partial charge in [0, 0.05) is 16.5 Å². The number of thioether (sulfide) groups is 1. The Morgan fingerprint density at radius 1 is 1.11 bits per heavy atom. The zero-order chi connectivity index (χ0) is 26.3. The Hall–Kier alpha value is -2.48. The van der Waals surface area contributed by atoms with Crippen LogP contribution in [0.1, 0.15) is 37.7 Å². The molecule has 2 aromatic carbocycles. The van der Waals surface area contributed by atoms with E-state index in [9.17, 15) is 9.90 Å². The van der Waals surface area contributed by atoms with Gasteiger partial charge < -0.3 is 19.5 Å². The molecule has 1 N–H and O–H groups in total.